The third-order valence-electron chi connectivity index (χ3n) is 4.96. The van der Waals surface area contributed by atoms with Crippen molar-refractivity contribution >= 4 is 23.6 Å². The summed E-state index contributed by atoms with van der Waals surface area (Å²) in [4.78, 5) is 12.3. The Labute approximate surface area is 198 Å². The Balaban J connectivity index is 1.70. The Morgan fingerprint density at radius 3 is 2.09 bits per heavy atom. The van der Waals surface area contributed by atoms with Crippen molar-refractivity contribution in [2.45, 2.75) is 0 Å². The van der Waals surface area contributed by atoms with Crippen molar-refractivity contribution in [3.8, 4) is 23.0 Å². The molecule has 0 amide bonds. The van der Waals surface area contributed by atoms with Crippen molar-refractivity contribution in [3.63, 3.8) is 0 Å². The molecule has 1 N–H and O–H groups in total. The van der Waals surface area contributed by atoms with Crippen molar-refractivity contribution in [2.75, 3.05) is 33.8 Å². The monoisotopic (exact) mass is 463 g/mol. The number of rotatable bonds is 10. The first-order valence-corrected chi connectivity index (χ1v) is 10.4. The van der Waals surface area contributed by atoms with Gasteiger partial charge in [-0.15, -0.1) is 0 Å². The molecule has 0 aromatic heterocycles. The molecular formula is C27H26FNO5. The molecular weight excluding hydrogens is 437 g/mol. The fourth-order valence-corrected chi connectivity index (χ4v) is 3.25. The smallest absolute Gasteiger partial charge is 0.203 e. The molecule has 0 atom stereocenters. The molecule has 3 rings (SSSR count). The quantitative estimate of drug-likeness (QED) is 0.232. The van der Waals surface area contributed by atoms with E-state index in [0.29, 0.717) is 17.2 Å². The standard InChI is InChI=1S/C27H26FNO5/c1-31-24-11-10-20(17-22(24)28)23(30)12-13-29-21-7-5-6-18(14-21)8-9-19-15-25(32-2)27(34-4)26(16-19)33-3/h5-17,29H,1-4H3. The molecule has 0 aliphatic carbocycles. The summed E-state index contributed by atoms with van der Waals surface area (Å²) in [6, 6.07) is 15.5. The lowest BCUT2D eigenvalue weighted by Gasteiger charge is -2.12. The van der Waals surface area contributed by atoms with E-state index in [1.165, 1.54) is 31.5 Å². The molecule has 3 aromatic rings. The molecule has 0 heterocycles. The van der Waals surface area contributed by atoms with Crippen molar-refractivity contribution < 1.29 is 28.1 Å². The zero-order valence-corrected chi connectivity index (χ0v) is 19.4. The van der Waals surface area contributed by atoms with Gasteiger partial charge in [-0.25, -0.2) is 4.39 Å². The van der Waals surface area contributed by atoms with Gasteiger partial charge in [0.05, 0.1) is 28.4 Å². The van der Waals surface area contributed by atoms with E-state index in [9.17, 15) is 9.18 Å². The van der Waals surface area contributed by atoms with Crippen LogP contribution in [0.5, 0.6) is 23.0 Å². The van der Waals surface area contributed by atoms with E-state index in [4.69, 9.17) is 18.9 Å². The van der Waals surface area contributed by atoms with E-state index in [2.05, 4.69) is 5.32 Å². The molecule has 176 valence electrons. The fraction of sp³-hybridized carbons (Fsp3) is 0.148. The minimum absolute atomic E-state index is 0.0926. The molecule has 34 heavy (non-hydrogen) atoms. The van der Waals surface area contributed by atoms with Crippen LogP contribution in [-0.2, 0) is 0 Å². The Kier molecular flexibility index (Phi) is 8.29. The van der Waals surface area contributed by atoms with Gasteiger partial charge in [0.25, 0.3) is 0 Å². The highest BCUT2D eigenvalue weighted by atomic mass is 19.1. The molecule has 0 spiro atoms. The number of hydrogen-bond acceptors (Lipinski definition) is 6. The summed E-state index contributed by atoms with van der Waals surface area (Å²) in [5.74, 6) is 0.864. The number of benzene rings is 3. The Morgan fingerprint density at radius 2 is 1.47 bits per heavy atom. The number of halogens is 1. The zero-order valence-electron chi connectivity index (χ0n) is 19.4. The molecule has 6 nitrogen and oxygen atoms in total. The fourth-order valence-electron chi connectivity index (χ4n) is 3.25. The predicted molar refractivity (Wildman–Crippen MR) is 132 cm³/mol. The van der Waals surface area contributed by atoms with Gasteiger partial charge in [-0.2, -0.15) is 0 Å². The summed E-state index contributed by atoms with van der Waals surface area (Å²) in [5.41, 5.74) is 2.84. The third-order valence-corrected chi connectivity index (χ3v) is 4.96. The summed E-state index contributed by atoms with van der Waals surface area (Å²) in [5, 5.41) is 3.06. The van der Waals surface area contributed by atoms with Crippen molar-refractivity contribution in [1.82, 2.24) is 0 Å². The molecule has 0 saturated heterocycles. The Bertz CT molecular complexity index is 1190. The van der Waals surface area contributed by atoms with Crippen molar-refractivity contribution in [2.24, 2.45) is 0 Å². The van der Waals surface area contributed by atoms with Gasteiger partial charge in [-0.05, 0) is 53.6 Å². The highest BCUT2D eigenvalue weighted by Gasteiger charge is 2.12. The summed E-state index contributed by atoms with van der Waals surface area (Å²) in [7, 11) is 6.08. The first-order valence-electron chi connectivity index (χ1n) is 10.4. The van der Waals surface area contributed by atoms with Crippen LogP contribution in [0.4, 0.5) is 10.1 Å². The number of nitrogens with one attached hydrogen (secondary N) is 1. The van der Waals surface area contributed by atoms with Crippen LogP contribution >= 0.6 is 0 Å². The van der Waals surface area contributed by atoms with Gasteiger partial charge in [-0.3, -0.25) is 4.79 Å². The Morgan fingerprint density at radius 1 is 0.794 bits per heavy atom. The summed E-state index contributed by atoms with van der Waals surface area (Å²) < 4.78 is 34.8. The second kappa shape index (κ2) is 11.6. The molecule has 0 fully saturated rings. The van der Waals surface area contributed by atoms with E-state index in [0.717, 1.165) is 22.9 Å². The number of ether oxygens (including phenoxy) is 4. The van der Waals surface area contributed by atoms with Crippen molar-refractivity contribution in [1.29, 1.82) is 0 Å². The molecule has 0 bridgehead atoms. The van der Waals surface area contributed by atoms with Gasteiger partial charge < -0.3 is 24.3 Å². The van der Waals surface area contributed by atoms with Gasteiger partial charge in [0.2, 0.25) is 5.75 Å². The second-order valence-electron chi connectivity index (χ2n) is 7.11. The van der Waals surface area contributed by atoms with E-state index in [1.807, 2.05) is 48.6 Å². The number of allylic oxidation sites excluding steroid dienone is 1. The first-order chi connectivity index (χ1) is 16.5. The highest BCUT2D eigenvalue weighted by Crippen LogP contribution is 2.38. The number of ketones is 1. The summed E-state index contributed by atoms with van der Waals surface area (Å²) in [6.45, 7) is 0. The van der Waals surface area contributed by atoms with Gasteiger partial charge in [-0.1, -0.05) is 24.3 Å². The lowest BCUT2D eigenvalue weighted by Crippen LogP contribution is -1.98. The molecule has 0 aliphatic heterocycles. The van der Waals surface area contributed by atoms with Crippen LogP contribution in [0.2, 0.25) is 0 Å². The van der Waals surface area contributed by atoms with E-state index >= 15 is 0 Å². The number of hydrogen-bond donors (Lipinski definition) is 1. The zero-order chi connectivity index (χ0) is 24.5. The van der Waals surface area contributed by atoms with E-state index in [1.54, 1.807) is 21.3 Å². The number of anilines is 1. The molecule has 0 unspecified atom stereocenters. The summed E-state index contributed by atoms with van der Waals surface area (Å²) >= 11 is 0. The van der Waals surface area contributed by atoms with Gasteiger partial charge in [0.15, 0.2) is 28.8 Å². The minimum Gasteiger partial charge on any atom is -0.494 e. The van der Waals surface area contributed by atoms with Crippen LogP contribution in [0, 0.1) is 5.82 Å². The van der Waals surface area contributed by atoms with Crippen LogP contribution in [0.15, 0.2) is 66.9 Å². The van der Waals surface area contributed by atoms with Crippen molar-refractivity contribution in [3.05, 3.63) is 89.4 Å². The normalized spacial score (nSPS) is 11.0. The SMILES string of the molecule is COc1ccc(C(=O)C=CNc2cccc(C=Cc3cc(OC)c(OC)c(OC)c3)c2)cc1F. The average Bonchev–Trinajstić information content (AvgIpc) is 2.86. The van der Waals surface area contributed by atoms with Gasteiger partial charge >= 0.3 is 0 Å². The lowest BCUT2D eigenvalue weighted by molar-refractivity contribution is 0.104. The minimum atomic E-state index is -0.582. The topological polar surface area (TPSA) is 66.0 Å². The molecule has 3 aromatic carbocycles. The van der Waals surface area contributed by atoms with Crippen LogP contribution in [0.25, 0.3) is 12.2 Å². The second-order valence-corrected chi connectivity index (χ2v) is 7.11. The van der Waals surface area contributed by atoms with Gasteiger partial charge in [0.1, 0.15) is 0 Å². The van der Waals surface area contributed by atoms with E-state index < -0.39 is 5.82 Å². The number of carbonyl (C=O) groups is 1. The first kappa shape index (κ1) is 24.4. The predicted octanol–water partition coefficient (Wildman–Crippen LogP) is 5.84. The molecule has 7 heteroatoms. The van der Waals surface area contributed by atoms with Crippen LogP contribution < -0.4 is 24.3 Å². The highest BCUT2D eigenvalue weighted by molar-refractivity contribution is 6.04. The number of methoxy groups -OCH3 is 4. The molecule has 0 radical (unpaired) electrons. The van der Waals surface area contributed by atoms with Crippen LogP contribution in [0.3, 0.4) is 0 Å². The lowest BCUT2D eigenvalue weighted by atomic mass is 10.1. The maximum atomic E-state index is 13.8. The maximum Gasteiger partial charge on any atom is 0.203 e. The van der Waals surface area contributed by atoms with E-state index in [-0.39, 0.29) is 17.1 Å². The number of carbonyl (C=O) groups excluding carboxylic acids is 1. The van der Waals surface area contributed by atoms with Gasteiger partial charge in [0, 0.05) is 23.5 Å². The maximum absolute atomic E-state index is 13.8. The largest absolute Gasteiger partial charge is 0.494 e. The third kappa shape index (κ3) is 5.95. The summed E-state index contributed by atoms with van der Waals surface area (Å²) in [6.07, 6.45) is 6.74. The molecule has 0 saturated carbocycles. The Hall–Kier alpha value is -4.26. The average molecular weight is 464 g/mol. The molecule has 0 aliphatic rings. The van der Waals surface area contributed by atoms with Crippen LogP contribution in [-0.4, -0.2) is 34.2 Å². The van der Waals surface area contributed by atoms with Crippen LogP contribution in [0.1, 0.15) is 21.5 Å².